The SMILES string of the molecule is COC(=O)CC[C@@H](C)[C@H]1CC[C@H]2[C@@H]3[C@H](N)CC4C[C@H](O)CCC4(C)[C@H]3C[C@H](O)[C@]12C. The second kappa shape index (κ2) is 8.04. The number of hydrogen-bond donors (Lipinski definition) is 3. The Bertz CT molecular complexity index is 655. The first-order valence-electron chi connectivity index (χ1n) is 12.3. The maximum atomic E-state index is 11.7. The third kappa shape index (κ3) is 3.34. The van der Waals surface area contributed by atoms with Gasteiger partial charge in [-0.05, 0) is 97.7 Å². The van der Waals surface area contributed by atoms with E-state index in [-0.39, 0.29) is 35.0 Å². The van der Waals surface area contributed by atoms with E-state index >= 15 is 0 Å². The second-order valence-electron chi connectivity index (χ2n) is 11.7. The number of methoxy groups -OCH3 is 1. The number of nitrogens with two attached hydrogens (primary N) is 1. The van der Waals surface area contributed by atoms with Crippen molar-refractivity contribution in [2.75, 3.05) is 7.11 Å². The normalized spacial score (nSPS) is 51.4. The number of aliphatic hydroxyl groups excluding tert-OH is 2. The second-order valence-corrected chi connectivity index (χ2v) is 11.7. The molecule has 0 aliphatic heterocycles. The van der Waals surface area contributed by atoms with Crippen LogP contribution in [0.25, 0.3) is 0 Å². The third-order valence-electron chi connectivity index (χ3n) is 10.6. The number of fused-ring (bicyclic) bond motifs is 5. The zero-order valence-electron chi connectivity index (χ0n) is 19.3. The molecule has 30 heavy (non-hydrogen) atoms. The highest BCUT2D eigenvalue weighted by atomic mass is 16.5. The van der Waals surface area contributed by atoms with Crippen LogP contribution in [0.4, 0.5) is 0 Å². The topological polar surface area (TPSA) is 92.8 Å². The van der Waals surface area contributed by atoms with E-state index in [9.17, 15) is 15.0 Å². The maximum absolute atomic E-state index is 11.7. The highest BCUT2D eigenvalue weighted by Crippen LogP contribution is 2.68. The van der Waals surface area contributed by atoms with Gasteiger partial charge in [0, 0.05) is 12.5 Å². The van der Waals surface area contributed by atoms with E-state index in [1.54, 1.807) is 0 Å². The number of aliphatic hydroxyl groups is 2. The number of carbonyl (C=O) groups is 1. The van der Waals surface area contributed by atoms with Gasteiger partial charge in [-0.3, -0.25) is 4.79 Å². The van der Waals surface area contributed by atoms with Crippen LogP contribution < -0.4 is 5.73 Å². The molecule has 0 heterocycles. The minimum atomic E-state index is -0.313. The van der Waals surface area contributed by atoms with Gasteiger partial charge >= 0.3 is 5.97 Å². The summed E-state index contributed by atoms with van der Waals surface area (Å²) in [6.07, 6.45) is 7.71. The Labute approximate surface area is 182 Å². The van der Waals surface area contributed by atoms with Crippen molar-refractivity contribution in [1.82, 2.24) is 0 Å². The molecule has 0 aromatic rings. The summed E-state index contributed by atoms with van der Waals surface area (Å²) in [7, 11) is 1.45. The number of ether oxygens (including phenoxy) is 1. The van der Waals surface area contributed by atoms with Crippen LogP contribution in [-0.2, 0) is 9.53 Å². The Hall–Kier alpha value is -0.650. The largest absolute Gasteiger partial charge is 0.469 e. The minimum Gasteiger partial charge on any atom is -0.469 e. The minimum absolute atomic E-state index is 0.119. The molecule has 0 aromatic heterocycles. The molecule has 0 amide bonds. The van der Waals surface area contributed by atoms with Gasteiger partial charge in [0.15, 0.2) is 0 Å². The van der Waals surface area contributed by atoms with E-state index in [0.29, 0.717) is 41.9 Å². The molecule has 4 saturated carbocycles. The average molecular weight is 422 g/mol. The first-order chi connectivity index (χ1) is 14.1. The summed E-state index contributed by atoms with van der Waals surface area (Å²) < 4.78 is 4.85. The summed E-state index contributed by atoms with van der Waals surface area (Å²) in [6.45, 7) is 6.99. The van der Waals surface area contributed by atoms with E-state index < -0.39 is 0 Å². The first kappa shape index (κ1) is 22.5. The van der Waals surface area contributed by atoms with Crippen molar-refractivity contribution in [2.45, 2.75) is 96.8 Å². The molecule has 2 unspecified atom stereocenters. The zero-order valence-corrected chi connectivity index (χ0v) is 19.3. The lowest BCUT2D eigenvalue weighted by molar-refractivity contribution is -0.180. The summed E-state index contributed by atoms with van der Waals surface area (Å²) >= 11 is 0. The van der Waals surface area contributed by atoms with Gasteiger partial charge in [-0.25, -0.2) is 0 Å². The first-order valence-corrected chi connectivity index (χ1v) is 12.3. The predicted octanol–water partition coefficient (Wildman–Crippen LogP) is 3.50. The Morgan fingerprint density at radius 3 is 2.57 bits per heavy atom. The van der Waals surface area contributed by atoms with Crippen LogP contribution in [0.3, 0.4) is 0 Å². The van der Waals surface area contributed by atoms with Gasteiger partial charge in [0.1, 0.15) is 0 Å². The molecule has 0 aromatic carbocycles. The lowest BCUT2D eigenvalue weighted by atomic mass is 9.42. The van der Waals surface area contributed by atoms with Gasteiger partial charge in [0.25, 0.3) is 0 Å². The summed E-state index contributed by atoms with van der Waals surface area (Å²) in [5, 5.41) is 21.8. The molecule has 5 heteroatoms. The van der Waals surface area contributed by atoms with Crippen LogP contribution in [0.5, 0.6) is 0 Å². The smallest absolute Gasteiger partial charge is 0.305 e. The fourth-order valence-electron chi connectivity index (χ4n) is 8.88. The number of carbonyl (C=O) groups excluding carboxylic acids is 1. The van der Waals surface area contributed by atoms with Crippen LogP contribution in [0.15, 0.2) is 0 Å². The van der Waals surface area contributed by atoms with Crippen molar-refractivity contribution in [3.63, 3.8) is 0 Å². The Balaban J connectivity index is 1.58. The van der Waals surface area contributed by atoms with Gasteiger partial charge in [0.2, 0.25) is 0 Å². The number of hydrogen-bond acceptors (Lipinski definition) is 5. The number of esters is 1. The van der Waals surface area contributed by atoms with Crippen molar-refractivity contribution >= 4 is 5.97 Å². The van der Waals surface area contributed by atoms with Crippen molar-refractivity contribution in [3.05, 3.63) is 0 Å². The molecule has 5 nitrogen and oxygen atoms in total. The van der Waals surface area contributed by atoms with Crippen molar-refractivity contribution in [1.29, 1.82) is 0 Å². The lowest BCUT2D eigenvalue weighted by Crippen LogP contribution is -2.64. The average Bonchev–Trinajstić information content (AvgIpc) is 3.06. The van der Waals surface area contributed by atoms with Crippen LogP contribution in [0.1, 0.15) is 78.6 Å². The van der Waals surface area contributed by atoms with Gasteiger partial charge in [-0.1, -0.05) is 20.8 Å². The summed E-state index contributed by atoms with van der Waals surface area (Å²) in [5.41, 5.74) is 6.95. The summed E-state index contributed by atoms with van der Waals surface area (Å²) in [6, 6.07) is 0.166. The van der Waals surface area contributed by atoms with Gasteiger partial charge in [0.05, 0.1) is 19.3 Å². The fraction of sp³-hybridized carbons (Fsp3) is 0.960. The highest BCUT2D eigenvalue weighted by Gasteiger charge is 2.65. The Kier molecular flexibility index (Phi) is 6.04. The Morgan fingerprint density at radius 1 is 1.13 bits per heavy atom. The van der Waals surface area contributed by atoms with Gasteiger partial charge in [-0.15, -0.1) is 0 Å². The predicted molar refractivity (Wildman–Crippen MR) is 116 cm³/mol. The van der Waals surface area contributed by atoms with Gasteiger partial charge in [-0.2, -0.15) is 0 Å². The monoisotopic (exact) mass is 421 g/mol. The van der Waals surface area contributed by atoms with E-state index in [0.717, 1.165) is 51.4 Å². The molecule has 0 bridgehead atoms. The zero-order chi connectivity index (χ0) is 21.8. The Morgan fingerprint density at radius 2 is 1.87 bits per heavy atom. The maximum Gasteiger partial charge on any atom is 0.305 e. The van der Waals surface area contributed by atoms with E-state index in [1.165, 1.54) is 7.11 Å². The molecule has 4 fully saturated rings. The lowest BCUT2D eigenvalue weighted by Gasteiger charge is -2.64. The van der Waals surface area contributed by atoms with Crippen molar-refractivity contribution in [2.24, 2.45) is 52.1 Å². The standard InChI is InChI=1S/C25H43NO4/c1-14(5-8-22(29)30-4)17-6-7-18-23-19(13-21(28)25(17,18)3)24(2)10-9-16(27)11-15(24)12-20(23)26/h14-21,23,27-28H,5-13,26H2,1-4H3/t14-,15?,16-,17-,18+,19+,20-,21+,23+,24?,25-/m1/s1. The highest BCUT2D eigenvalue weighted by molar-refractivity contribution is 5.69. The van der Waals surface area contributed by atoms with Crippen LogP contribution in [0, 0.1) is 46.3 Å². The van der Waals surface area contributed by atoms with E-state index in [2.05, 4.69) is 20.8 Å². The molecule has 4 N–H and O–H groups in total. The molecule has 0 spiro atoms. The summed E-state index contributed by atoms with van der Waals surface area (Å²) in [5.74, 6) is 2.52. The van der Waals surface area contributed by atoms with E-state index in [1.807, 2.05) is 0 Å². The molecular formula is C25H43NO4. The number of rotatable bonds is 4. The molecule has 172 valence electrons. The molecule has 0 saturated heterocycles. The summed E-state index contributed by atoms with van der Waals surface area (Å²) in [4.78, 5) is 11.7. The third-order valence-corrected chi connectivity index (χ3v) is 10.6. The van der Waals surface area contributed by atoms with Crippen molar-refractivity contribution in [3.8, 4) is 0 Å². The molecule has 4 aliphatic rings. The van der Waals surface area contributed by atoms with E-state index in [4.69, 9.17) is 10.5 Å². The molecule has 11 atom stereocenters. The van der Waals surface area contributed by atoms with Gasteiger partial charge < -0.3 is 20.7 Å². The van der Waals surface area contributed by atoms with Crippen LogP contribution >= 0.6 is 0 Å². The molecule has 4 aliphatic carbocycles. The molecule has 4 rings (SSSR count). The molecule has 0 radical (unpaired) electrons. The molecular weight excluding hydrogens is 378 g/mol. The van der Waals surface area contributed by atoms with Crippen molar-refractivity contribution < 1.29 is 19.7 Å². The quantitative estimate of drug-likeness (QED) is 0.604. The van der Waals surface area contributed by atoms with Crippen LogP contribution in [0.2, 0.25) is 0 Å². The van der Waals surface area contributed by atoms with Crippen LogP contribution in [-0.4, -0.2) is 41.5 Å². The fourth-order valence-corrected chi connectivity index (χ4v) is 8.88.